The van der Waals surface area contributed by atoms with E-state index in [0.29, 0.717) is 12.1 Å². The summed E-state index contributed by atoms with van der Waals surface area (Å²) in [4.78, 5) is 2.17. The van der Waals surface area contributed by atoms with Gasteiger partial charge in [0.2, 0.25) is 0 Å². The molecule has 2 aliphatic rings. The van der Waals surface area contributed by atoms with Gasteiger partial charge in [0.15, 0.2) is 0 Å². The first-order valence-electron chi connectivity index (χ1n) is 7.06. The molecule has 0 radical (unpaired) electrons. The standard InChI is InChI=1S/C15H18F3NS/c16-15(17,18)14-5-4-11-2-1-3-12(11)13(14)10-19-6-8-20-9-7-19/h4-5H,1-3,6-10H2. The van der Waals surface area contributed by atoms with Gasteiger partial charge < -0.3 is 0 Å². The van der Waals surface area contributed by atoms with Crippen LogP contribution in [0.5, 0.6) is 0 Å². The Morgan fingerprint density at radius 2 is 1.85 bits per heavy atom. The maximum atomic E-state index is 13.2. The van der Waals surface area contributed by atoms with Crippen LogP contribution in [-0.4, -0.2) is 29.5 Å². The maximum Gasteiger partial charge on any atom is 0.416 e. The Kier molecular flexibility index (Phi) is 4.00. The first-order chi connectivity index (χ1) is 9.55. The van der Waals surface area contributed by atoms with E-state index in [4.69, 9.17) is 0 Å². The van der Waals surface area contributed by atoms with E-state index >= 15 is 0 Å². The van der Waals surface area contributed by atoms with Gasteiger partial charge in [-0.15, -0.1) is 0 Å². The van der Waals surface area contributed by atoms with Crippen molar-refractivity contribution < 1.29 is 13.2 Å². The second-order valence-corrected chi connectivity index (χ2v) is 6.69. The lowest BCUT2D eigenvalue weighted by Gasteiger charge is -2.28. The number of halogens is 3. The van der Waals surface area contributed by atoms with Gasteiger partial charge in [0.05, 0.1) is 5.56 Å². The maximum absolute atomic E-state index is 13.2. The summed E-state index contributed by atoms with van der Waals surface area (Å²) in [6, 6.07) is 2.97. The number of rotatable bonds is 2. The fourth-order valence-electron chi connectivity index (χ4n) is 3.17. The highest BCUT2D eigenvalue weighted by molar-refractivity contribution is 7.99. The normalized spacial score (nSPS) is 20.1. The molecule has 0 N–H and O–H groups in total. The van der Waals surface area contributed by atoms with Gasteiger partial charge >= 0.3 is 6.18 Å². The molecule has 0 saturated carbocycles. The molecule has 1 nitrogen and oxygen atoms in total. The quantitative estimate of drug-likeness (QED) is 0.818. The zero-order chi connectivity index (χ0) is 14.2. The van der Waals surface area contributed by atoms with Crippen LogP contribution in [0.25, 0.3) is 0 Å². The van der Waals surface area contributed by atoms with Crippen molar-refractivity contribution in [3.8, 4) is 0 Å². The minimum absolute atomic E-state index is 0.420. The summed E-state index contributed by atoms with van der Waals surface area (Å²) < 4.78 is 39.7. The van der Waals surface area contributed by atoms with Crippen LogP contribution in [0.15, 0.2) is 12.1 Å². The molecule has 0 spiro atoms. The van der Waals surface area contributed by atoms with Crippen molar-refractivity contribution in [2.75, 3.05) is 24.6 Å². The number of alkyl halides is 3. The first-order valence-corrected chi connectivity index (χ1v) is 8.22. The molecule has 1 aromatic rings. The number of hydrogen-bond donors (Lipinski definition) is 0. The zero-order valence-electron chi connectivity index (χ0n) is 11.3. The lowest BCUT2D eigenvalue weighted by Crippen LogP contribution is -2.33. The van der Waals surface area contributed by atoms with Crippen molar-refractivity contribution in [3.05, 3.63) is 34.4 Å². The van der Waals surface area contributed by atoms with Crippen LogP contribution in [0.4, 0.5) is 13.2 Å². The third-order valence-electron chi connectivity index (χ3n) is 4.19. The van der Waals surface area contributed by atoms with Crippen LogP contribution in [0.3, 0.4) is 0 Å². The van der Waals surface area contributed by atoms with Crippen molar-refractivity contribution in [3.63, 3.8) is 0 Å². The number of benzene rings is 1. The smallest absolute Gasteiger partial charge is 0.297 e. The van der Waals surface area contributed by atoms with Crippen LogP contribution >= 0.6 is 11.8 Å². The molecular formula is C15H18F3NS. The van der Waals surface area contributed by atoms with Crippen LogP contribution < -0.4 is 0 Å². The Labute approximate surface area is 121 Å². The molecule has 0 bridgehead atoms. The molecular weight excluding hydrogens is 283 g/mol. The number of fused-ring (bicyclic) bond motifs is 1. The summed E-state index contributed by atoms with van der Waals surface area (Å²) in [5.74, 6) is 2.05. The number of nitrogens with zero attached hydrogens (tertiary/aromatic N) is 1. The summed E-state index contributed by atoms with van der Waals surface area (Å²) in [5, 5.41) is 0. The molecule has 5 heteroatoms. The molecule has 3 rings (SSSR count). The minimum atomic E-state index is -4.24. The highest BCUT2D eigenvalue weighted by atomic mass is 32.2. The van der Waals surface area contributed by atoms with Crippen molar-refractivity contribution in [2.24, 2.45) is 0 Å². The summed E-state index contributed by atoms with van der Waals surface area (Å²) >= 11 is 1.88. The molecule has 1 fully saturated rings. The van der Waals surface area contributed by atoms with E-state index in [9.17, 15) is 13.2 Å². The molecule has 1 heterocycles. The average molecular weight is 301 g/mol. The molecule has 0 unspecified atom stereocenters. The van der Waals surface area contributed by atoms with Crippen LogP contribution in [-0.2, 0) is 25.6 Å². The predicted molar refractivity (Wildman–Crippen MR) is 76.1 cm³/mol. The average Bonchev–Trinajstić information content (AvgIpc) is 2.87. The first kappa shape index (κ1) is 14.3. The number of hydrogen-bond acceptors (Lipinski definition) is 2. The monoisotopic (exact) mass is 301 g/mol. The van der Waals surface area contributed by atoms with Crippen molar-refractivity contribution in [2.45, 2.75) is 32.0 Å². The third kappa shape index (κ3) is 2.84. The molecule has 1 aliphatic heterocycles. The van der Waals surface area contributed by atoms with Gasteiger partial charge in [-0.3, -0.25) is 4.90 Å². The van der Waals surface area contributed by atoms with E-state index in [-0.39, 0.29) is 0 Å². The molecule has 110 valence electrons. The van der Waals surface area contributed by atoms with Gasteiger partial charge in [-0.05, 0) is 42.0 Å². The Morgan fingerprint density at radius 1 is 1.10 bits per heavy atom. The largest absolute Gasteiger partial charge is 0.416 e. The number of thioether (sulfide) groups is 1. The highest BCUT2D eigenvalue weighted by Crippen LogP contribution is 2.38. The molecule has 1 aromatic carbocycles. The highest BCUT2D eigenvalue weighted by Gasteiger charge is 2.35. The van der Waals surface area contributed by atoms with Gasteiger partial charge in [0.25, 0.3) is 0 Å². The molecule has 1 aliphatic carbocycles. The second kappa shape index (κ2) is 5.60. The lowest BCUT2D eigenvalue weighted by molar-refractivity contribution is -0.138. The van der Waals surface area contributed by atoms with E-state index in [1.165, 1.54) is 6.07 Å². The van der Waals surface area contributed by atoms with Crippen molar-refractivity contribution >= 4 is 11.8 Å². The molecule has 0 amide bonds. The van der Waals surface area contributed by atoms with Crippen LogP contribution in [0.1, 0.15) is 28.7 Å². The van der Waals surface area contributed by atoms with E-state index in [1.807, 2.05) is 11.8 Å². The topological polar surface area (TPSA) is 3.24 Å². The predicted octanol–water partition coefficient (Wildman–Crippen LogP) is 3.74. The van der Waals surface area contributed by atoms with E-state index < -0.39 is 11.7 Å². The Bertz CT molecular complexity index is 493. The molecule has 0 atom stereocenters. The lowest BCUT2D eigenvalue weighted by atomic mass is 9.96. The van der Waals surface area contributed by atoms with Crippen LogP contribution in [0.2, 0.25) is 0 Å². The summed E-state index contributed by atoms with van der Waals surface area (Å²) in [6.45, 7) is 2.25. The van der Waals surface area contributed by atoms with Gasteiger partial charge in [0, 0.05) is 31.1 Å². The van der Waals surface area contributed by atoms with Gasteiger partial charge in [0.1, 0.15) is 0 Å². The minimum Gasteiger partial charge on any atom is -0.297 e. The summed E-state index contributed by atoms with van der Waals surface area (Å²) in [6.07, 6.45) is -1.52. The SMILES string of the molecule is FC(F)(F)c1ccc2c(c1CN1CCSCC1)CCC2. The van der Waals surface area contributed by atoms with Crippen molar-refractivity contribution in [1.82, 2.24) is 4.90 Å². The fraction of sp³-hybridized carbons (Fsp3) is 0.600. The molecule has 1 saturated heterocycles. The molecule has 20 heavy (non-hydrogen) atoms. The van der Waals surface area contributed by atoms with Crippen LogP contribution in [0, 0.1) is 0 Å². The fourth-order valence-corrected chi connectivity index (χ4v) is 4.15. The van der Waals surface area contributed by atoms with Gasteiger partial charge in [-0.25, -0.2) is 0 Å². The van der Waals surface area contributed by atoms with Gasteiger partial charge in [-0.2, -0.15) is 24.9 Å². The van der Waals surface area contributed by atoms with E-state index in [1.54, 1.807) is 6.07 Å². The summed E-state index contributed by atoms with van der Waals surface area (Å²) in [5.41, 5.74) is 2.22. The zero-order valence-corrected chi connectivity index (χ0v) is 12.1. The van der Waals surface area contributed by atoms with E-state index in [0.717, 1.165) is 55.0 Å². The van der Waals surface area contributed by atoms with Crippen molar-refractivity contribution in [1.29, 1.82) is 0 Å². The summed E-state index contributed by atoms with van der Waals surface area (Å²) in [7, 11) is 0. The van der Waals surface area contributed by atoms with E-state index in [2.05, 4.69) is 4.90 Å². The molecule has 0 aromatic heterocycles. The Hall–Kier alpha value is -0.680. The number of aryl methyl sites for hydroxylation is 1. The second-order valence-electron chi connectivity index (χ2n) is 5.47. The Balaban J connectivity index is 1.95. The third-order valence-corrected chi connectivity index (χ3v) is 5.13. The van der Waals surface area contributed by atoms with Gasteiger partial charge in [-0.1, -0.05) is 6.07 Å². The Morgan fingerprint density at radius 3 is 2.55 bits per heavy atom.